The number of rotatable bonds is 2. The number of hydrogen-bond donors (Lipinski definition) is 2. The maximum atomic E-state index is 11.6. The number of carbonyl (C=O) groups excluding carboxylic acids is 2. The van der Waals surface area contributed by atoms with E-state index in [2.05, 4.69) is 0 Å². The van der Waals surface area contributed by atoms with Crippen molar-refractivity contribution in [1.82, 2.24) is 4.90 Å². The first-order valence-electron chi connectivity index (χ1n) is 4.47. The van der Waals surface area contributed by atoms with Gasteiger partial charge in [0.15, 0.2) is 0 Å². The van der Waals surface area contributed by atoms with Crippen LogP contribution in [0.4, 0.5) is 0 Å². The third-order valence-electron chi connectivity index (χ3n) is 2.13. The lowest BCUT2D eigenvalue weighted by atomic mass is 10.2. The van der Waals surface area contributed by atoms with Crippen LogP contribution >= 0.6 is 0 Å². The number of morpholine rings is 1. The van der Waals surface area contributed by atoms with Gasteiger partial charge in [-0.3, -0.25) is 9.59 Å². The molecule has 80 valence electrons. The molecule has 0 aromatic rings. The first-order valence-corrected chi connectivity index (χ1v) is 4.47. The van der Waals surface area contributed by atoms with Crippen LogP contribution in [0.15, 0.2) is 0 Å². The molecule has 1 aliphatic heterocycles. The van der Waals surface area contributed by atoms with Crippen molar-refractivity contribution < 1.29 is 14.3 Å². The van der Waals surface area contributed by atoms with E-state index in [4.69, 9.17) is 16.2 Å². The van der Waals surface area contributed by atoms with Gasteiger partial charge in [0.1, 0.15) is 6.04 Å². The number of primary amides is 1. The van der Waals surface area contributed by atoms with Crippen molar-refractivity contribution in [2.24, 2.45) is 11.5 Å². The van der Waals surface area contributed by atoms with Crippen LogP contribution in [0, 0.1) is 0 Å². The van der Waals surface area contributed by atoms with E-state index in [9.17, 15) is 9.59 Å². The first-order chi connectivity index (χ1) is 6.54. The average molecular weight is 201 g/mol. The zero-order valence-corrected chi connectivity index (χ0v) is 8.10. The molecule has 1 aliphatic rings. The number of amides is 2. The molecule has 6 heteroatoms. The van der Waals surface area contributed by atoms with Crippen molar-refractivity contribution in [2.45, 2.75) is 19.0 Å². The molecular weight excluding hydrogens is 186 g/mol. The normalized spacial score (nSPS) is 24.4. The Balaban J connectivity index is 2.72. The Morgan fingerprint density at radius 2 is 2.21 bits per heavy atom. The maximum absolute atomic E-state index is 11.6. The van der Waals surface area contributed by atoms with Gasteiger partial charge in [-0.25, -0.2) is 0 Å². The lowest BCUT2D eigenvalue weighted by Gasteiger charge is -2.34. The van der Waals surface area contributed by atoms with Crippen LogP contribution < -0.4 is 11.5 Å². The van der Waals surface area contributed by atoms with Crippen molar-refractivity contribution in [1.29, 1.82) is 0 Å². The highest BCUT2D eigenvalue weighted by Crippen LogP contribution is 2.07. The van der Waals surface area contributed by atoms with E-state index in [-0.39, 0.29) is 12.5 Å². The van der Waals surface area contributed by atoms with E-state index in [1.165, 1.54) is 4.90 Å². The highest BCUT2D eigenvalue weighted by atomic mass is 16.5. The van der Waals surface area contributed by atoms with Gasteiger partial charge < -0.3 is 21.1 Å². The molecule has 1 fully saturated rings. The predicted molar refractivity (Wildman–Crippen MR) is 49.2 cm³/mol. The molecule has 0 aromatic carbocycles. The van der Waals surface area contributed by atoms with Crippen molar-refractivity contribution in [3.05, 3.63) is 0 Å². The summed E-state index contributed by atoms with van der Waals surface area (Å²) < 4.78 is 5.07. The van der Waals surface area contributed by atoms with Gasteiger partial charge in [0, 0.05) is 6.54 Å². The second-order valence-corrected chi connectivity index (χ2v) is 3.31. The minimum atomic E-state index is -0.678. The summed E-state index contributed by atoms with van der Waals surface area (Å²) in [6.07, 6.45) is 0. The summed E-state index contributed by atoms with van der Waals surface area (Å²) in [6.45, 7) is 2.53. The van der Waals surface area contributed by atoms with Crippen LogP contribution in [0.3, 0.4) is 0 Å². The Hall–Kier alpha value is -1.14. The van der Waals surface area contributed by atoms with Crippen molar-refractivity contribution in [3.8, 4) is 0 Å². The van der Waals surface area contributed by atoms with Crippen LogP contribution in [-0.4, -0.2) is 48.6 Å². The highest BCUT2D eigenvalue weighted by molar-refractivity contribution is 5.89. The molecular formula is C8H15N3O3. The molecule has 0 aliphatic carbocycles. The third kappa shape index (κ3) is 2.21. The van der Waals surface area contributed by atoms with E-state index < -0.39 is 18.0 Å². The van der Waals surface area contributed by atoms with E-state index in [0.717, 1.165) is 0 Å². The summed E-state index contributed by atoms with van der Waals surface area (Å²) in [4.78, 5) is 23.9. The standard InChI is InChI=1S/C8H15N3O3/c1-5(9)8(13)11-2-3-14-4-6(11)7(10)12/h5-6H,2-4,9H2,1H3,(H2,10,12)/t5-,6?/m0/s1. The van der Waals surface area contributed by atoms with E-state index >= 15 is 0 Å². The summed E-state index contributed by atoms with van der Waals surface area (Å²) in [5, 5.41) is 0. The summed E-state index contributed by atoms with van der Waals surface area (Å²) in [5.41, 5.74) is 10.6. The fraction of sp³-hybridized carbons (Fsp3) is 0.750. The highest BCUT2D eigenvalue weighted by Gasteiger charge is 2.32. The zero-order valence-electron chi connectivity index (χ0n) is 8.10. The topological polar surface area (TPSA) is 98.7 Å². The molecule has 6 nitrogen and oxygen atoms in total. The van der Waals surface area contributed by atoms with Gasteiger partial charge >= 0.3 is 0 Å². The van der Waals surface area contributed by atoms with Gasteiger partial charge in [-0.1, -0.05) is 0 Å². The number of nitrogens with zero attached hydrogens (tertiary/aromatic N) is 1. The Morgan fingerprint density at radius 1 is 1.57 bits per heavy atom. The quantitative estimate of drug-likeness (QED) is 0.542. The lowest BCUT2D eigenvalue weighted by molar-refractivity contribution is -0.147. The third-order valence-corrected chi connectivity index (χ3v) is 2.13. The molecule has 0 saturated carbocycles. The lowest BCUT2D eigenvalue weighted by Crippen LogP contribution is -2.57. The molecule has 0 spiro atoms. The molecule has 1 rings (SSSR count). The zero-order chi connectivity index (χ0) is 10.7. The van der Waals surface area contributed by atoms with Gasteiger partial charge in [-0.2, -0.15) is 0 Å². The van der Waals surface area contributed by atoms with Crippen LogP contribution in [0.2, 0.25) is 0 Å². The van der Waals surface area contributed by atoms with Gasteiger partial charge in [0.25, 0.3) is 0 Å². The molecule has 14 heavy (non-hydrogen) atoms. The Labute approximate surface area is 82.2 Å². The molecule has 0 radical (unpaired) electrons. The molecule has 4 N–H and O–H groups in total. The fourth-order valence-corrected chi connectivity index (χ4v) is 1.36. The van der Waals surface area contributed by atoms with Crippen molar-refractivity contribution >= 4 is 11.8 Å². The van der Waals surface area contributed by atoms with Gasteiger partial charge in [-0.05, 0) is 6.92 Å². The van der Waals surface area contributed by atoms with Crippen molar-refractivity contribution in [3.63, 3.8) is 0 Å². The summed E-state index contributed by atoms with van der Waals surface area (Å²) >= 11 is 0. The van der Waals surface area contributed by atoms with E-state index in [0.29, 0.717) is 13.2 Å². The molecule has 0 aromatic heterocycles. The number of ether oxygens (including phenoxy) is 1. The van der Waals surface area contributed by atoms with Gasteiger partial charge in [-0.15, -0.1) is 0 Å². The summed E-state index contributed by atoms with van der Waals surface area (Å²) in [5.74, 6) is -0.823. The Morgan fingerprint density at radius 3 is 2.71 bits per heavy atom. The molecule has 2 atom stereocenters. The van der Waals surface area contributed by atoms with Crippen molar-refractivity contribution in [2.75, 3.05) is 19.8 Å². The minimum Gasteiger partial charge on any atom is -0.377 e. The maximum Gasteiger partial charge on any atom is 0.242 e. The molecule has 0 bridgehead atoms. The molecule has 1 saturated heterocycles. The van der Waals surface area contributed by atoms with E-state index in [1.807, 2.05) is 0 Å². The molecule has 1 heterocycles. The smallest absolute Gasteiger partial charge is 0.242 e. The summed E-state index contributed by atoms with van der Waals surface area (Å²) in [7, 11) is 0. The molecule has 1 unspecified atom stereocenters. The van der Waals surface area contributed by atoms with Crippen LogP contribution in [0.5, 0.6) is 0 Å². The first kappa shape index (κ1) is 10.9. The van der Waals surface area contributed by atoms with Crippen LogP contribution in [-0.2, 0) is 14.3 Å². The van der Waals surface area contributed by atoms with Gasteiger partial charge in [0.2, 0.25) is 11.8 Å². The number of nitrogens with two attached hydrogens (primary N) is 2. The van der Waals surface area contributed by atoms with Crippen LogP contribution in [0.1, 0.15) is 6.92 Å². The van der Waals surface area contributed by atoms with Gasteiger partial charge in [0.05, 0.1) is 19.3 Å². The SMILES string of the molecule is C[C@H](N)C(=O)N1CCOCC1C(N)=O. The minimum absolute atomic E-state index is 0.161. The summed E-state index contributed by atoms with van der Waals surface area (Å²) in [6, 6.07) is -1.29. The number of hydrogen-bond acceptors (Lipinski definition) is 4. The molecule has 2 amide bonds. The predicted octanol–water partition coefficient (Wildman–Crippen LogP) is -1.95. The second kappa shape index (κ2) is 4.39. The number of carbonyl (C=O) groups is 2. The Bertz CT molecular complexity index is 242. The second-order valence-electron chi connectivity index (χ2n) is 3.31. The monoisotopic (exact) mass is 201 g/mol. The average Bonchev–Trinajstić information content (AvgIpc) is 2.16. The van der Waals surface area contributed by atoms with Crippen LogP contribution in [0.25, 0.3) is 0 Å². The Kier molecular flexibility index (Phi) is 3.43. The van der Waals surface area contributed by atoms with E-state index in [1.54, 1.807) is 6.92 Å². The largest absolute Gasteiger partial charge is 0.377 e. The fourth-order valence-electron chi connectivity index (χ4n) is 1.36.